The predicted octanol–water partition coefficient (Wildman–Crippen LogP) is 2.79. The molecule has 6 heteroatoms. The smallest absolute Gasteiger partial charge is 0.161 e. The molecule has 2 rings (SSSR count). The second kappa shape index (κ2) is 10.1. The van der Waals surface area contributed by atoms with Crippen molar-refractivity contribution in [3.8, 4) is 11.5 Å². The lowest BCUT2D eigenvalue weighted by molar-refractivity contribution is 0.0644. The van der Waals surface area contributed by atoms with Crippen molar-refractivity contribution >= 4 is 12.4 Å². The third kappa shape index (κ3) is 7.71. The Kier molecular flexibility index (Phi) is 8.84. The minimum absolute atomic E-state index is 0. The van der Waals surface area contributed by atoms with Gasteiger partial charge in [-0.3, -0.25) is 0 Å². The van der Waals surface area contributed by atoms with Gasteiger partial charge in [-0.05, 0) is 45.7 Å². The van der Waals surface area contributed by atoms with E-state index in [4.69, 9.17) is 14.2 Å². The fourth-order valence-electron chi connectivity index (χ4n) is 2.32. The van der Waals surface area contributed by atoms with Gasteiger partial charge < -0.3 is 24.6 Å². The van der Waals surface area contributed by atoms with Gasteiger partial charge >= 0.3 is 0 Å². The third-order valence-electron chi connectivity index (χ3n) is 3.60. The van der Waals surface area contributed by atoms with Crippen molar-refractivity contribution in [1.29, 1.82) is 0 Å². The van der Waals surface area contributed by atoms with Crippen LogP contribution in [0.4, 0.5) is 0 Å². The van der Waals surface area contributed by atoms with Gasteiger partial charge in [0.25, 0.3) is 0 Å². The summed E-state index contributed by atoms with van der Waals surface area (Å²) >= 11 is 0. The second-order valence-corrected chi connectivity index (χ2v) is 6.99. The monoisotopic (exact) mass is 359 g/mol. The van der Waals surface area contributed by atoms with Gasteiger partial charge in [0, 0.05) is 18.7 Å². The molecule has 5 nitrogen and oxygen atoms in total. The van der Waals surface area contributed by atoms with Gasteiger partial charge in [-0.2, -0.15) is 0 Å². The number of halogens is 1. The highest BCUT2D eigenvalue weighted by Crippen LogP contribution is 2.27. The molecule has 1 aromatic carbocycles. The van der Waals surface area contributed by atoms with Crippen LogP contribution in [0.2, 0.25) is 0 Å². The van der Waals surface area contributed by atoms with Crippen LogP contribution in [0.1, 0.15) is 33.6 Å². The van der Waals surface area contributed by atoms with E-state index in [1.54, 1.807) is 0 Å². The summed E-state index contributed by atoms with van der Waals surface area (Å²) in [5.41, 5.74) is -0.0245. The van der Waals surface area contributed by atoms with E-state index in [0.29, 0.717) is 24.7 Å². The largest absolute Gasteiger partial charge is 0.487 e. The molecule has 0 aliphatic carbocycles. The number of rotatable bonds is 8. The summed E-state index contributed by atoms with van der Waals surface area (Å²) in [5.74, 6) is 1.35. The quantitative estimate of drug-likeness (QED) is 0.747. The van der Waals surface area contributed by atoms with Crippen molar-refractivity contribution in [2.75, 3.05) is 26.4 Å². The average molecular weight is 360 g/mol. The summed E-state index contributed by atoms with van der Waals surface area (Å²) in [4.78, 5) is 0. The minimum Gasteiger partial charge on any atom is -0.487 e. The summed E-state index contributed by atoms with van der Waals surface area (Å²) in [6, 6.07) is 7.54. The van der Waals surface area contributed by atoms with Gasteiger partial charge in [-0.25, -0.2) is 0 Å². The van der Waals surface area contributed by atoms with Crippen molar-refractivity contribution in [1.82, 2.24) is 5.32 Å². The number of benzene rings is 1. The molecule has 0 spiro atoms. The van der Waals surface area contributed by atoms with E-state index >= 15 is 0 Å². The molecule has 0 amide bonds. The molecule has 1 aromatic rings. The number of aliphatic hydroxyl groups excluding tert-OH is 1. The van der Waals surface area contributed by atoms with Crippen LogP contribution >= 0.6 is 12.4 Å². The molecule has 1 fully saturated rings. The van der Waals surface area contributed by atoms with Crippen LogP contribution in [0.5, 0.6) is 11.5 Å². The number of hydrogen-bond donors (Lipinski definition) is 2. The SMILES string of the molecule is CC(C)(C)NCC(O)COc1ccccc1OCC1CCCO1.Cl. The molecule has 1 aliphatic heterocycles. The first-order valence-electron chi connectivity index (χ1n) is 8.33. The van der Waals surface area contributed by atoms with E-state index in [2.05, 4.69) is 26.1 Å². The number of aliphatic hydroxyl groups is 1. The molecule has 0 saturated carbocycles. The van der Waals surface area contributed by atoms with E-state index < -0.39 is 6.10 Å². The fraction of sp³-hybridized carbons (Fsp3) is 0.667. The van der Waals surface area contributed by atoms with Gasteiger partial charge in [0.2, 0.25) is 0 Å². The van der Waals surface area contributed by atoms with Gasteiger partial charge in [-0.15, -0.1) is 12.4 Å². The summed E-state index contributed by atoms with van der Waals surface area (Å²) in [6.07, 6.45) is 1.74. The Labute approximate surface area is 151 Å². The van der Waals surface area contributed by atoms with E-state index in [1.165, 1.54) is 0 Å². The molecule has 0 aromatic heterocycles. The first kappa shape index (κ1) is 21.0. The maximum Gasteiger partial charge on any atom is 0.161 e. The van der Waals surface area contributed by atoms with Gasteiger partial charge in [0.1, 0.15) is 19.3 Å². The molecule has 1 aliphatic rings. The number of nitrogens with one attached hydrogen (secondary N) is 1. The van der Waals surface area contributed by atoms with Crippen LogP contribution in [0.25, 0.3) is 0 Å². The van der Waals surface area contributed by atoms with E-state index in [1.807, 2.05) is 24.3 Å². The predicted molar refractivity (Wildman–Crippen MR) is 97.4 cm³/mol. The lowest BCUT2D eigenvalue weighted by atomic mass is 10.1. The number of para-hydroxylation sites is 2. The standard InChI is InChI=1S/C18H29NO4.ClH/c1-18(2,3)19-11-14(20)12-22-16-8-4-5-9-17(16)23-13-15-7-6-10-21-15;/h4-5,8-9,14-15,19-20H,6-7,10-13H2,1-3H3;1H. The zero-order chi connectivity index (χ0) is 16.7. The zero-order valence-electron chi connectivity index (χ0n) is 14.8. The van der Waals surface area contributed by atoms with Crippen LogP contribution in [-0.4, -0.2) is 49.2 Å². The Morgan fingerprint density at radius 1 is 1.25 bits per heavy atom. The Bertz CT molecular complexity index is 472. The normalized spacial score (nSPS) is 18.8. The molecule has 2 unspecified atom stereocenters. The van der Waals surface area contributed by atoms with E-state index in [-0.39, 0.29) is 30.7 Å². The highest BCUT2D eigenvalue weighted by Gasteiger charge is 2.17. The third-order valence-corrected chi connectivity index (χ3v) is 3.60. The molecule has 1 heterocycles. The lowest BCUT2D eigenvalue weighted by Crippen LogP contribution is -2.42. The van der Waals surface area contributed by atoms with Crippen molar-refractivity contribution in [3.05, 3.63) is 24.3 Å². The minimum atomic E-state index is -0.569. The summed E-state index contributed by atoms with van der Waals surface area (Å²) in [6.45, 7) is 8.26. The second-order valence-electron chi connectivity index (χ2n) is 6.99. The van der Waals surface area contributed by atoms with Crippen LogP contribution in [-0.2, 0) is 4.74 Å². The zero-order valence-corrected chi connectivity index (χ0v) is 15.6. The molecule has 2 atom stereocenters. The van der Waals surface area contributed by atoms with Crippen LogP contribution < -0.4 is 14.8 Å². The number of β-amino-alcohol motifs (C(OH)–C–C–N with tert-alkyl or cyclic N) is 1. The van der Waals surface area contributed by atoms with Gasteiger partial charge in [-0.1, -0.05) is 12.1 Å². The Balaban J connectivity index is 0.00000288. The Morgan fingerprint density at radius 2 is 1.92 bits per heavy atom. The molecule has 0 bridgehead atoms. The highest BCUT2D eigenvalue weighted by atomic mass is 35.5. The lowest BCUT2D eigenvalue weighted by Gasteiger charge is -2.23. The molecule has 2 N–H and O–H groups in total. The maximum absolute atomic E-state index is 10.0. The van der Waals surface area contributed by atoms with E-state index in [0.717, 1.165) is 19.4 Å². The molecule has 1 saturated heterocycles. The van der Waals surface area contributed by atoms with Gasteiger partial charge in [0.15, 0.2) is 11.5 Å². The highest BCUT2D eigenvalue weighted by molar-refractivity contribution is 5.85. The summed E-state index contributed by atoms with van der Waals surface area (Å²) < 4.78 is 17.1. The van der Waals surface area contributed by atoms with Crippen molar-refractivity contribution in [2.24, 2.45) is 0 Å². The molecular formula is C18H30ClNO4. The van der Waals surface area contributed by atoms with Crippen LogP contribution in [0, 0.1) is 0 Å². The molecular weight excluding hydrogens is 330 g/mol. The molecule has 24 heavy (non-hydrogen) atoms. The summed E-state index contributed by atoms with van der Waals surface area (Å²) in [5, 5.41) is 13.3. The van der Waals surface area contributed by atoms with Gasteiger partial charge in [0.05, 0.1) is 6.10 Å². The topological polar surface area (TPSA) is 60.0 Å². The number of hydrogen-bond acceptors (Lipinski definition) is 5. The van der Waals surface area contributed by atoms with Crippen molar-refractivity contribution < 1.29 is 19.3 Å². The Morgan fingerprint density at radius 3 is 2.50 bits per heavy atom. The van der Waals surface area contributed by atoms with Crippen LogP contribution in [0.3, 0.4) is 0 Å². The molecule has 0 radical (unpaired) electrons. The van der Waals surface area contributed by atoms with E-state index in [9.17, 15) is 5.11 Å². The van der Waals surface area contributed by atoms with Crippen molar-refractivity contribution in [2.45, 2.75) is 51.4 Å². The number of ether oxygens (including phenoxy) is 3. The first-order chi connectivity index (χ1) is 10.9. The molecule has 138 valence electrons. The Hall–Kier alpha value is -1.01. The maximum atomic E-state index is 10.0. The average Bonchev–Trinajstić information content (AvgIpc) is 3.02. The first-order valence-corrected chi connectivity index (χ1v) is 8.33. The summed E-state index contributed by atoms with van der Waals surface area (Å²) in [7, 11) is 0. The fourth-order valence-corrected chi connectivity index (χ4v) is 2.32. The van der Waals surface area contributed by atoms with Crippen molar-refractivity contribution in [3.63, 3.8) is 0 Å². The van der Waals surface area contributed by atoms with Crippen LogP contribution in [0.15, 0.2) is 24.3 Å².